The molecule has 2 aliphatic rings. The summed E-state index contributed by atoms with van der Waals surface area (Å²) in [6, 6.07) is 11.1. The van der Waals surface area contributed by atoms with Crippen LogP contribution in [-0.4, -0.2) is 33.9 Å². The number of allylic oxidation sites excluding steroid dienone is 1. The fourth-order valence-corrected chi connectivity index (χ4v) is 5.11. The van der Waals surface area contributed by atoms with Gasteiger partial charge in [0.15, 0.2) is 0 Å². The number of hydrogen-bond acceptors (Lipinski definition) is 7. The number of ether oxygens (including phenoxy) is 2. The van der Waals surface area contributed by atoms with Crippen molar-refractivity contribution in [1.29, 1.82) is 0 Å². The van der Waals surface area contributed by atoms with Crippen molar-refractivity contribution in [3.8, 4) is 11.5 Å². The summed E-state index contributed by atoms with van der Waals surface area (Å²) in [5.41, 5.74) is 2.50. The van der Waals surface area contributed by atoms with E-state index < -0.39 is 24.0 Å². The minimum Gasteiger partial charge on any atom is -0.507 e. The fourth-order valence-electron chi connectivity index (χ4n) is 5.11. The van der Waals surface area contributed by atoms with E-state index in [0.717, 1.165) is 16.5 Å². The van der Waals surface area contributed by atoms with Crippen LogP contribution >= 0.6 is 0 Å². The van der Waals surface area contributed by atoms with Crippen molar-refractivity contribution in [3.63, 3.8) is 0 Å². The summed E-state index contributed by atoms with van der Waals surface area (Å²) in [5.74, 6) is -1.36. The molecule has 7 heteroatoms. The number of nitrogens with zero attached hydrogens (tertiary/aromatic N) is 1. The molecule has 1 aromatic heterocycles. The van der Waals surface area contributed by atoms with Gasteiger partial charge in [0.2, 0.25) is 0 Å². The molecule has 2 aromatic carbocycles. The molecule has 3 aromatic rings. The van der Waals surface area contributed by atoms with Gasteiger partial charge in [0, 0.05) is 35.9 Å². The molecule has 0 spiro atoms. The van der Waals surface area contributed by atoms with Crippen LogP contribution in [0.5, 0.6) is 11.5 Å². The second kappa shape index (κ2) is 10.5. The molecule has 7 nitrogen and oxygen atoms in total. The van der Waals surface area contributed by atoms with Gasteiger partial charge in [-0.3, -0.25) is 14.6 Å². The first-order chi connectivity index (χ1) is 17.9. The van der Waals surface area contributed by atoms with Gasteiger partial charge in [0.25, 0.3) is 0 Å². The predicted octanol–water partition coefficient (Wildman–Crippen LogP) is 5.86. The lowest BCUT2D eigenvalue weighted by Gasteiger charge is -2.28. The van der Waals surface area contributed by atoms with Crippen LogP contribution in [0.25, 0.3) is 17.0 Å². The molecule has 0 saturated heterocycles. The molecule has 0 amide bonds. The van der Waals surface area contributed by atoms with E-state index in [1.807, 2.05) is 36.4 Å². The summed E-state index contributed by atoms with van der Waals surface area (Å²) in [4.78, 5) is 42.4. The Labute approximate surface area is 215 Å². The molecule has 2 aliphatic heterocycles. The van der Waals surface area contributed by atoms with Gasteiger partial charge < -0.3 is 14.6 Å². The third kappa shape index (κ3) is 5.26. The molecule has 0 bridgehead atoms. The minimum absolute atomic E-state index is 0.0282. The minimum atomic E-state index is -0.644. The van der Waals surface area contributed by atoms with E-state index in [4.69, 9.17) is 9.47 Å². The number of carbonyl (C=O) groups is 3. The zero-order chi connectivity index (χ0) is 25.9. The van der Waals surface area contributed by atoms with Gasteiger partial charge in [-0.05, 0) is 68.0 Å². The number of aromatic hydroxyl groups is 1. The standard InChI is InChI=1S/C30H29NO6/c1-18-7-5-11-22(32)10-4-2-3-8-21-16-25-28(29(34)27(21)30(35)36-18)23(17-26(33)37-25)19-12-13-24-20(15-19)9-6-14-31-24/h3,6,8-9,12-16,18,23,34H,2,4-5,7,10-11,17H2,1H3/t18-,23-/m0/s1. The van der Waals surface area contributed by atoms with Crippen molar-refractivity contribution in [2.24, 2.45) is 0 Å². The van der Waals surface area contributed by atoms with Crippen molar-refractivity contribution < 1.29 is 29.0 Å². The van der Waals surface area contributed by atoms with Crippen molar-refractivity contribution in [3.05, 3.63) is 70.9 Å². The van der Waals surface area contributed by atoms with Crippen LogP contribution in [0.4, 0.5) is 0 Å². The summed E-state index contributed by atoms with van der Waals surface area (Å²) >= 11 is 0. The molecule has 0 unspecified atom stereocenters. The maximum atomic E-state index is 13.3. The van der Waals surface area contributed by atoms with Gasteiger partial charge >= 0.3 is 11.9 Å². The number of pyridine rings is 1. The van der Waals surface area contributed by atoms with Gasteiger partial charge in [-0.2, -0.15) is 0 Å². The number of ketones is 1. The lowest BCUT2D eigenvalue weighted by molar-refractivity contribution is -0.135. The average Bonchev–Trinajstić information content (AvgIpc) is 2.87. The quantitative estimate of drug-likeness (QED) is 0.330. The van der Waals surface area contributed by atoms with E-state index in [1.54, 1.807) is 25.3 Å². The number of esters is 2. The van der Waals surface area contributed by atoms with Crippen molar-refractivity contribution in [1.82, 2.24) is 4.98 Å². The monoisotopic (exact) mass is 499 g/mol. The molecular weight excluding hydrogens is 470 g/mol. The Morgan fingerprint density at radius 1 is 1.05 bits per heavy atom. The zero-order valence-electron chi connectivity index (χ0n) is 20.7. The van der Waals surface area contributed by atoms with E-state index in [2.05, 4.69) is 4.98 Å². The lowest BCUT2D eigenvalue weighted by Crippen LogP contribution is -2.23. The molecule has 3 heterocycles. The summed E-state index contributed by atoms with van der Waals surface area (Å²) in [6.45, 7) is 1.78. The maximum absolute atomic E-state index is 13.3. The predicted molar refractivity (Wildman–Crippen MR) is 139 cm³/mol. The van der Waals surface area contributed by atoms with Crippen molar-refractivity contribution in [2.75, 3.05) is 0 Å². The Balaban J connectivity index is 1.61. The highest BCUT2D eigenvalue weighted by atomic mass is 16.5. The number of cyclic esters (lactones) is 1. The maximum Gasteiger partial charge on any atom is 0.342 e. The molecule has 37 heavy (non-hydrogen) atoms. The van der Waals surface area contributed by atoms with Gasteiger partial charge in [0.1, 0.15) is 22.8 Å². The van der Waals surface area contributed by atoms with E-state index in [-0.39, 0.29) is 29.3 Å². The second-order valence-corrected chi connectivity index (χ2v) is 9.73. The van der Waals surface area contributed by atoms with Crippen LogP contribution in [0.1, 0.15) is 84.8 Å². The van der Waals surface area contributed by atoms with Gasteiger partial charge in [-0.15, -0.1) is 0 Å². The van der Waals surface area contributed by atoms with Gasteiger partial charge in [0.05, 0.1) is 18.0 Å². The van der Waals surface area contributed by atoms with E-state index in [0.29, 0.717) is 49.7 Å². The van der Waals surface area contributed by atoms with Crippen LogP contribution in [0.15, 0.2) is 48.7 Å². The first-order valence-corrected chi connectivity index (χ1v) is 12.7. The Kier molecular flexibility index (Phi) is 7.04. The van der Waals surface area contributed by atoms with Crippen LogP contribution < -0.4 is 4.74 Å². The molecule has 0 fully saturated rings. The van der Waals surface area contributed by atoms with Gasteiger partial charge in [-0.25, -0.2) is 4.79 Å². The highest BCUT2D eigenvalue weighted by Crippen LogP contribution is 2.47. The Morgan fingerprint density at radius 3 is 2.76 bits per heavy atom. The molecule has 0 radical (unpaired) electrons. The van der Waals surface area contributed by atoms with Crippen LogP contribution in [0.2, 0.25) is 0 Å². The molecule has 190 valence electrons. The first-order valence-electron chi connectivity index (χ1n) is 12.7. The Morgan fingerprint density at radius 2 is 1.89 bits per heavy atom. The summed E-state index contributed by atoms with van der Waals surface area (Å²) < 4.78 is 11.2. The molecule has 0 saturated carbocycles. The van der Waals surface area contributed by atoms with Gasteiger partial charge in [-0.1, -0.05) is 24.3 Å². The first kappa shape index (κ1) is 24.7. The number of fused-ring (bicyclic) bond motifs is 3. The summed E-state index contributed by atoms with van der Waals surface area (Å²) in [7, 11) is 0. The summed E-state index contributed by atoms with van der Waals surface area (Å²) in [6.07, 6.45) is 8.41. The van der Waals surface area contributed by atoms with Crippen LogP contribution in [0, 0.1) is 0 Å². The number of Topliss-reactive ketones (excluding diaryl/α,β-unsaturated/α-hetero) is 1. The zero-order valence-corrected chi connectivity index (χ0v) is 20.7. The number of rotatable bonds is 1. The van der Waals surface area contributed by atoms with Crippen molar-refractivity contribution in [2.45, 2.75) is 63.9 Å². The highest BCUT2D eigenvalue weighted by Gasteiger charge is 2.35. The number of carbonyl (C=O) groups excluding carboxylic acids is 3. The van der Waals surface area contributed by atoms with Crippen molar-refractivity contribution >= 4 is 34.7 Å². The number of hydrogen-bond donors (Lipinski definition) is 1. The normalized spacial score (nSPS) is 20.9. The second-order valence-electron chi connectivity index (χ2n) is 9.73. The smallest absolute Gasteiger partial charge is 0.342 e. The Hall–Kier alpha value is -4.00. The SMILES string of the molecule is C[C@H]1CCCC(=O)CCCC=Cc2cc3c(c(O)c2C(=O)O1)[C@H](c1ccc2ncccc2c1)CC(=O)O3. The Bertz CT molecular complexity index is 1410. The van der Waals surface area contributed by atoms with Crippen LogP contribution in [-0.2, 0) is 14.3 Å². The molecule has 0 aliphatic carbocycles. The number of aromatic nitrogens is 1. The molecular formula is C30H29NO6. The lowest BCUT2D eigenvalue weighted by atomic mass is 9.83. The average molecular weight is 500 g/mol. The van der Waals surface area contributed by atoms with E-state index in [9.17, 15) is 19.5 Å². The summed E-state index contributed by atoms with van der Waals surface area (Å²) in [5, 5.41) is 12.4. The van der Waals surface area contributed by atoms with E-state index >= 15 is 0 Å². The number of benzene rings is 2. The van der Waals surface area contributed by atoms with E-state index in [1.165, 1.54) is 0 Å². The molecule has 2 atom stereocenters. The molecule has 1 N–H and O–H groups in total. The topological polar surface area (TPSA) is 103 Å². The highest BCUT2D eigenvalue weighted by molar-refractivity contribution is 5.98. The number of phenols is 1. The molecule has 5 rings (SSSR count). The van der Waals surface area contributed by atoms with Crippen LogP contribution in [0.3, 0.4) is 0 Å². The number of phenolic OH excluding ortho intramolecular Hbond substituents is 1. The third-order valence-corrected chi connectivity index (χ3v) is 7.01. The third-order valence-electron chi connectivity index (χ3n) is 7.01. The largest absolute Gasteiger partial charge is 0.507 e. The fraction of sp³-hybridized carbons (Fsp3) is 0.333.